The first-order chi connectivity index (χ1) is 8.21. The normalized spacial score (nSPS) is 28.2. The Balaban J connectivity index is 2.38. The van der Waals surface area contributed by atoms with Gasteiger partial charge in [-0.15, -0.1) is 0 Å². The lowest BCUT2D eigenvalue weighted by Gasteiger charge is -2.27. The summed E-state index contributed by atoms with van der Waals surface area (Å²) in [6, 6.07) is 0.557. The van der Waals surface area contributed by atoms with Crippen molar-refractivity contribution in [1.29, 1.82) is 0 Å². The molecule has 0 aromatic rings. The number of hydrogen-bond acceptors (Lipinski definition) is 2. The molecule has 0 radical (unpaired) electrons. The number of nitrogens with one attached hydrogen (secondary N) is 1. The first kappa shape index (κ1) is 15.0. The van der Waals surface area contributed by atoms with Crippen LogP contribution in [0.3, 0.4) is 0 Å². The molecule has 2 heteroatoms. The Labute approximate surface area is 108 Å². The van der Waals surface area contributed by atoms with E-state index in [1.807, 2.05) is 0 Å². The van der Waals surface area contributed by atoms with E-state index in [4.69, 9.17) is 4.74 Å². The van der Waals surface area contributed by atoms with E-state index >= 15 is 0 Å². The van der Waals surface area contributed by atoms with Crippen LogP contribution in [0, 0.1) is 5.92 Å². The summed E-state index contributed by atoms with van der Waals surface area (Å²) in [6.07, 6.45) is 10.0. The minimum absolute atomic E-state index is 0.450. The molecule has 1 aliphatic heterocycles. The number of unbranched alkanes of at least 4 members (excludes halogenated alkanes) is 1. The molecule has 1 N–H and O–H groups in total. The van der Waals surface area contributed by atoms with Crippen LogP contribution in [0.5, 0.6) is 0 Å². The maximum Gasteiger partial charge on any atom is 0.0732 e. The van der Waals surface area contributed by atoms with E-state index < -0.39 is 0 Å². The zero-order valence-electron chi connectivity index (χ0n) is 12.2. The van der Waals surface area contributed by atoms with Crippen molar-refractivity contribution >= 4 is 0 Å². The van der Waals surface area contributed by atoms with Crippen LogP contribution in [-0.4, -0.2) is 25.3 Å². The van der Waals surface area contributed by atoms with Gasteiger partial charge in [-0.25, -0.2) is 0 Å². The molecular formula is C15H31NO. The maximum atomic E-state index is 6.00. The molecule has 0 bridgehead atoms. The van der Waals surface area contributed by atoms with Gasteiger partial charge in [0, 0.05) is 6.04 Å². The SMILES string of the molecule is CCCCC(CC)CC(NC)C1CCC(C)O1. The van der Waals surface area contributed by atoms with Crippen LogP contribution in [0.2, 0.25) is 0 Å². The molecule has 4 atom stereocenters. The molecule has 0 aromatic carbocycles. The lowest BCUT2D eigenvalue weighted by Crippen LogP contribution is -2.39. The predicted octanol–water partition coefficient (Wildman–Crippen LogP) is 3.75. The third-order valence-electron chi connectivity index (χ3n) is 4.21. The lowest BCUT2D eigenvalue weighted by atomic mass is 9.89. The van der Waals surface area contributed by atoms with E-state index in [-0.39, 0.29) is 0 Å². The van der Waals surface area contributed by atoms with Crippen LogP contribution in [-0.2, 0) is 4.74 Å². The van der Waals surface area contributed by atoms with Crippen LogP contribution in [0.25, 0.3) is 0 Å². The summed E-state index contributed by atoms with van der Waals surface area (Å²) in [5, 5.41) is 3.48. The Morgan fingerprint density at radius 1 is 1.29 bits per heavy atom. The zero-order chi connectivity index (χ0) is 12.7. The quantitative estimate of drug-likeness (QED) is 0.699. The molecule has 1 fully saturated rings. The van der Waals surface area contributed by atoms with Gasteiger partial charge in [0.25, 0.3) is 0 Å². The summed E-state index contributed by atoms with van der Waals surface area (Å²) < 4.78 is 6.00. The molecule has 1 heterocycles. The number of hydrogen-bond donors (Lipinski definition) is 1. The summed E-state index contributed by atoms with van der Waals surface area (Å²) in [5.74, 6) is 0.868. The molecule has 0 saturated carbocycles. The van der Waals surface area contributed by atoms with Crippen molar-refractivity contribution in [2.45, 2.75) is 84.0 Å². The minimum atomic E-state index is 0.450. The highest BCUT2D eigenvalue weighted by Crippen LogP contribution is 2.27. The fourth-order valence-corrected chi connectivity index (χ4v) is 2.93. The molecule has 1 aliphatic rings. The maximum absolute atomic E-state index is 6.00. The van der Waals surface area contributed by atoms with Crippen molar-refractivity contribution in [3.05, 3.63) is 0 Å². The molecule has 102 valence electrons. The fourth-order valence-electron chi connectivity index (χ4n) is 2.93. The molecule has 0 aromatic heterocycles. The predicted molar refractivity (Wildman–Crippen MR) is 74.3 cm³/mol. The van der Waals surface area contributed by atoms with E-state index in [0.717, 1.165) is 5.92 Å². The Kier molecular flexibility index (Phi) is 7.14. The second-order valence-electron chi connectivity index (χ2n) is 5.61. The van der Waals surface area contributed by atoms with E-state index in [1.54, 1.807) is 0 Å². The largest absolute Gasteiger partial charge is 0.374 e. The van der Waals surface area contributed by atoms with Gasteiger partial charge in [-0.3, -0.25) is 0 Å². The molecule has 4 unspecified atom stereocenters. The number of ether oxygens (including phenoxy) is 1. The number of rotatable bonds is 8. The molecule has 2 nitrogen and oxygen atoms in total. The monoisotopic (exact) mass is 241 g/mol. The smallest absolute Gasteiger partial charge is 0.0732 e. The molecule has 0 spiro atoms. The standard InChI is InChI=1S/C15H31NO/c1-5-7-8-13(6-2)11-14(16-4)15-10-9-12(3)17-15/h12-16H,5-11H2,1-4H3. The number of likely N-dealkylation sites (N-methyl/N-ethyl adjacent to an activating group) is 1. The average Bonchev–Trinajstić information content (AvgIpc) is 2.76. The van der Waals surface area contributed by atoms with Gasteiger partial charge in [0.2, 0.25) is 0 Å². The van der Waals surface area contributed by atoms with Crippen molar-refractivity contribution in [3.63, 3.8) is 0 Å². The van der Waals surface area contributed by atoms with Crippen molar-refractivity contribution in [3.8, 4) is 0 Å². The lowest BCUT2D eigenvalue weighted by molar-refractivity contribution is 0.0274. The van der Waals surface area contributed by atoms with E-state index in [0.29, 0.717) is 18.2 Å². The summed E-state index contributed by atoms with van der Waals surface area (Å²) in [4.78, 5) is 0. The second-order valence-corrected chi connectivity index (χ2v) is 5.61. The fraction of sp³-hybridized carbons (Fsp3) is 1.00. The summed E-state index contributed by atoms with van der Waals surface area (Å²) in [5.41, 5.74) is 0. The zero-order valence-corrected chi connectivity index (χ0v) is 12.2. The van der Waals surface area contributed by atoms with E-state index in [2.05, 4.69) is 33.1 Å². The Morgan fingerprint density at radius 2 is 2.06 bits per heavy atom. The van der Waals surface area contributed by atoms with Gasteiger partial charge >= 0.3 is 0 Å². The molecule has 0 amide bonds. The highest BCUT2D eigenvalue weighted by molar-refractivity contribution is 4.83. The van der Waals surface area contributed by atoms with Crippen molar-refractivity contribution < 1.29 is 4.74 Å². The topological polar surface area (TPSA) is 21.3 Å². The minimum Gasteiger partial charge on any atom is -0.374 e. The third kappa shape index (κ3) is 4.97. The van der Waals surface area contributed by atoms with Gasteiger partial charge in [0.1, 0.15) is 0 Å². The van der Waals surface area contributed by atoms with Gasteiger partial charge in [-0.05, 0) is 39.2 Å². The Hall–Kier alpha value is -0.0800. The molecule has 17 heavy (non-hydrogen) atoms. The summed E-state index contributed by atoms with van der Waals surface area (Å²) in [6.45, 7) is 6.80. The van der Waals surface area contributed by atoms with Gasteiger partial charge in [-0.1, -0.05) is 39.5 Å². The Morgan fingerprint density at radius 3 is 2.53 bits per heavy atom. The first-order valence-corrected chi connectivity index (χ1v) is 7.53. The first-order valence-electron chi connectivity index (χ1n) is 7.53. The van der Waals surface area contributed by atoms with Gasteiger partial charge < -0.3 is 10.1 Å². The molecule has 1 saturated heterocycles. The van der Waals surface area contributed by atoms with Crippen LogP contribution in [0.4, 0.5) is 0 Å². The summed E-state index contributed by atoms with van der Waals surface area (Å²) >= 11 is 0. The second kappa shape index (κ2) is 8.10. The van der Waals surface area contributed by atoms with Crippen LogP contribution in [0.15, 0.2) is 0 Å². The highest BCUT2D eigenvalue weighted by atomic mass is 16.5. The van der Waals surface area contributed by atoms with E-state index in [1.165, 1.54) is 44.9 Å². The van der Waals surface area contributed by atoms with Crippen LogP contribution >= 0.6 is 0 Å². The van der Waals surface area contributed by atoms with Crippen molar-refractivity contribution in [2.75, 3.05) is 7.05 Å². The highest BCUT2D eigenvalue weighted by Gasteiger charge is 2.29. The van der Waals surface area contributed by atoms with Gasteiger partial charge in [-0.2, -0.15) is 0 Å². The molecule has 0 aliphatic carbocycles. The van der Waals surface area contributed by atoms with Gasteiger partial charge in [0.15, 0.2) is 0 Å². The average molecular weight is 241 g/mol. The third-order valence-corrected chi connectivity index (χ3v) is 4.21. The molecular weight excluding hydrogens is 210 g/mol. The Bertz CT molecular complexity index is 195. The van der Waals surface area contributed by atoms with Gasteiger partial charge in [0.05, 0.1) is 12.2 Å². The summed E-state index contributed by atoms with van der Waals surface area (Å²) in [7, 11) is 2.09. The molecule has 1 rings (SSSR count). The van der Waals surface area contributed by atoms with Crippen LogP contribution < -0.4 is 5.32 Å². The van der Waals surface area contributed by atoms with E-state index in [9.17, 15) is 0 Å². The van der Waals surface area contributed by atoms with Crippen LogP contribution in [0.1, 0.15) is 65.7 Å². The van der Waals surface area contributed by atoms with Crippen molar-refractivity contribution in [1.82, 2.24) is 5.32 Å². The van der Waals surface area contributed by atoms with Crippen molar-refractivity contribution in [2.24, 2.45) is 5.92 Å².